The molecule has 0 aliphatic carbocycles. The van der Waals surface area contributed by atoms with Gasteiger partial charge >= 0.3 is 0 Å². The Morgan fingerprint density at radius 3 is 2.57 bits per heavy atom. The van der Waals surface area contributed by atoms with E-state index in [0.717, 1.165) is 5.56 Å². The molecule has 28 heavy (non-hydrogen) atoms. The van der Waals surface area contributed by atoms with Crippen molar-refractivity contribution in [1.29, 1.82) is 5.26 Å². The highest BCUT2D eigenvalue weighted by Gasteiger charge is 2.14. The molecule has 3 rings (SSSR count). The molecule has 1 heterocycles. The van der Waals surface area contributed by atoms with Crippen LogP contribution in [-0.2, 0) is 6.61 Å². The van der Waals surface area contributed by atoms with Gasteiger partial charge in [0.1, 0.15) is 18.2 Å². The molecule has 3 aromatic rings. The third-order valence-corrected chi connectivity index (χ3v) is 4.79. The van der Waals surface area contributed by atoms with E-state index >= 15 is 0 Å². The summed E-state index contributed by atoms with van der Waals surface area (Å²) < 4.78 is 11.6. The van der Waals surface area contributed by atoms with Gasteiger partial charge < -0.3 is 9.47 Å². The van der Waals surface area contributed by atoms with Gasteiger partial charge in [0.25, 0.3) is 0 Å². The molecule has 0 atom stereocenters. The number of carbonyl (C=O) groups is 1. The van der Waals surface area contributed by atoms with Crippen LogP contribution in [0.3, 0.4) is 0 Å². The molecule has 2 aromatic carbocycles. The number of rotatable bonds is 8. The molecule has 0 amide bonds. The van der Waals surface area contributed by atoms with Crippen molar-refractivity contribution < 1.29 is 14.3 Å². The van der Waals surface area contributed by atoms with Gasteiger partial charge in [0.15, 0.2) is 11.5 Å². The first-order valence-electron chi connectivity index (χ1n) is 8.85. The number of hydrogen-bond acceptors (Lipinski definition) is 5. The zero-order valence-electron chi connectivity index (χ0n) is 15.4. The normalized spacial score (nSPS) is 10.9. The second kappa shape index (κ2) is 9.54. The van der Waals surface area contributed by atoms with Gasteiger partial charge in [0.05, 0.1) is 11.5 Å². The van der Waals surface area contributed by atoms with Gasteiger partial charge in [-0.15, -0.1) is 11.3 Å². The largest absolute Gasteiger partial charge is 0.490 e. The van der Waals surface area contributed by atoms with Crippen molar-refractivity contribution in [3.8, 4) is 17.6 Å². The van der Waals surface area contributed by atoms with E-state index < -0.39 is 0 Å². The Labute approximate surface area is 168 Å². The topological polar surface area (TPSA) is 59.3 Å². The maximum Gasteiger partial charge on any atom is 0.213 e. The Kier molecular flexibility index (Phi) is 6.61. The molecule has 0 radical (unpaired) electrons. The Morgan fingerprint density at radius 1 is 1.07 bits per heavy atom. The summed E-state index contributed by atoms with van der Waals surface area (Å²) in [6.45, 7) is 2.80. The van der Waals surface area contributed by atoms with E-state index in [1.807, 2.05) is 54.8 Å². The van der Waals surface area contributed by atoms with Gasteiger partial charge in [0.2, 0.25) is 5.78 Å². The fourth-order valence-electron chi connectivity index (χ4n) is 2.59. The van der Waals surface area contributed by atoms with Crippen molar-refractivity contribution in [2.24, 2.45) is 0 Å². The van der Waals surface area contributed by atoms with Crippen molar-refractivity contribution in [2.45, 2.75) is 13.5 Å². The molecule has 0 saturated carbocycles. The maximum absolute atomic E-state index is 12.4. The predicted molar refractivity (Wildman–Crippen MR) is 111 cm³/mol. The number of ketones is 1. The molecule has 0 fully saturated rings. The number of hydrogen-bond donors (Lipinski definition) is 0. The Bertz CT molecular complexity index is 1000. The molecule has 4 nitrogen and oxygen atoms in total. The Morgan fingerprint density at radius 2 is 1.89 bits per heavy atom. The van der Waals surface area contributed by atoms with Gasteiger partial charge in [-0.25, -0.2) is 0 Å². The molecule has 0 bridgehead atoms. The zero-order chi connectivity index (χ0) is 19.8. The van der Waals surface area contributed by atoms with Crippen LogP contribution >= 0.6 is 11.3 Å². The molecule has 0 spiro atoms. The minimum atomic E-state index is -0.278. The molecule has 1 aromatic heterocycles. The lowest BCUT2D eigenvalue weighted by Crippen LogP contribution is -2.01. The van der Waals surface area contributed by atoms with Gasteiger partial charge in [-0.3, -0.25) is 4.79 Å². The van der Waals surface area contributed by atoms with E-state index in [2.05, 4.69) is 0 Å². The van der Waals surface area contributed by atoms with Crippen LogP contribution in [0.25, 0.3) is 6.08 Å². The first kappa shape index (κ1) is 19.4. The van der Waals surface area contributed by atoms with Crippen molar-refractivity contribution in [2.75, 3.05) is 6.61 Å². The highest BCUT2D eigenvalue weighted by atomic mass is 32.1. The summed E-state index contributed by atoms with van der Waals surface area (Å²) in [5, 5.41) is 11.2. The number of benzene rings is 2. The van der Waals surface area contributed by atoms with Crippen LogP contribution in [0.15, 0.2) is 71.6 Å². The minimum absolute atomic E-state index is 0.0860. The van der Waals surface area contributed by atoms with Crippen molar-refractivity contribution >= 4 is 23.2 Å². The summed E-state index contributed by atoms with van der Waals surface area (Å²) in [6, 6.07) is 20.8. The summed E-state index contributed by atoms with van der Waals surface area (Å²) in [6.07, 6.45) is 1.57. The molecule has 0 N–H and O–H groups in total. The second-order valence-corrected chi connectivity index (χ2v) is 6.84. The van der Waals surface area contributed by atoms with Crippen LogP contribution in [0.4, 0.5) is 0 Å². The predicted octanol–water partition coefficient (Wildman–Crippen LogP) is 5.52. The van der Waals surface area contributed by atoms with Crippen LogP contribution in [-0.4, -0.2) is 12.4 Å². The summed E-state index contributed by atoms with van der Waals surface area (Å²) in [4.78, 5) is 13.0. The highest BCUT2D eigenvalue weighted by Crippen LogP contribution is 2.30. The van der Waals surface area contributed by atoms with E-state index in [0.29, 0.717) is 35.2 Å². The van der Waals surface area contributed by atoms with Gasteiger partial charge in [-0.05, 0) is 47.7 Å². The number of nitrogens with zero attached hydrogens (tertiary/aromatic N) is 1. The number of thiophene rings is 1. The quantitative estimate of drug-likeness (QED) is 0.289. The lowest BCUT2D eigenvalue weighted by Gasteiger charge is -2.13. The van der Waals surface area contributed by atoms with Crippen LogP contribution in [0, 0.1) is 11.3 Å². The molecule has 0 aliphatic heterocycles. The summed E-state index contributed by atoms with van der Waals surface area (Å²) >= 11 is 1.32. The monoisotopic (exact) mass is 389 g/mol. The van der Waals surface area contributed by atoms with Crippen LogP contribution < -0.4 is 9.47 Å². The zero-order valence-corrected chi connectivity index (χ0v) is 16.2. The van der Waals surface area contributed by atoms with Crippen molar-refractivity contribution in [1.82, 2.24) is 0 Å². The molecule has 0 aliphatic rings. The minimum Gasteiger partial charge on any atom is -0.490 e. The molecule has 0 saturated heterocycles. The average Bonchev–Trinajstić information content (AvgIpc) is 3.27. The van der Waals surface area contributed by atoms with E-state index in [1.54, 1.807) is 30.3 Å². The first-order valence-corrected chi connectivity index (χ1v) is 9.72. The number of Topliss-reactive ketones (excluding diaryl/α,β-unsaturated/α-hetero) is 1. The van der Waals surface area contributed by atoms with Crippen molar-refractivity contribution in [3.63, 3.8) is 0 Å². The van der Waals surface area contributed by atoms with E-state index in [1.165, 1.54) is 11.3 Å². The smallest absolute Gasteiger partial charge is 0.213 e. The van der Waals surface area contributed by atoms with Gasteiger partial charge in [-0.2, -0.15) is 5.26 Å². The third kappa shape index (κ3) is 4.87. The Balaban J connectivity index is 1.83. The molecule has 0 unspecified atom stereocenters. The van der Waals surface area contributed by atoms with Gasteiger partial charge in [-0.1, -0.05) is 42.5 Å². The van der Waals surface area contributed by atoms with Crippen LogP contribution in [0.1, 0.15) is 27.7 Å². The lowest BCUT2D eigenvalue weighted by molar-refractivity contribution is 0.104. The number of nitriles is 1. The highest BCUT2D eigenvalue weighted by molar-refractivity contribution is 7.12. The lowest BCUT2D eigenvalue weighted by atomic mass is 10.1. The van der Waals surface area contributed by atoms with Crippen LogP contribution in [0.2, 0.25) is 0 Å². The SMILES string of the molecule is CCOc1cc(/C=C(\C#N)C(=O)c2cccs2)ccc1OCc1ccccc1. The van der Waals surface area contributed by atoms with E-state index in [4.69, 9.17) is 9.47 Å². The number of allylic oxidation sites excluding steroid dienone is 1. The van der Waals surface area contributed by atoms with E-state index in [-0.39, 0.29) is 11.4 Å². The number of ether oxygens (including phenoxy) is 2. The fourth-order valence-corrected chi connectivity index (χ4v) is 3.27. The Hall–Kier alpha value is -3.36. The maximum atomic E-state index is 12.4. The average molecular weight is 389 g/mol. The molecule has 140 valence electrons. The standard InChI is InChI=1S/C23H19NO3S/c1-2-26-21-14-18(13-19(15-24)23(25)22-9-6-12-28-22)10-11-20(21)27-16-17-7-4-3-5-8-17/h3-14H,2,16H2,1H3/b19-13+. The summed E-state index contributed by atoms with van der Waals surface area (Å²) in [7, 11) is 0. The first-order chi connectivity index (χ1) is 13.7. The summed E-state index contributed by atoms with van der Waals surface area (Å²) in [5.74, 6) is 0.916. The molecule has 5 heteroatoms. The fraction of sp³-hybridized carbons (Fsp3) is 0.130. The third-order valence-electron chi connectivity index (χ3n) is 3.93. The number of carbonyl (C=O) groups excluding carboxylic acids is 1. The van der Waals surface area contributed by atoms with Crippen molar-refractivity contribution in [3.05, 3.63) is 87.6 Å². The summed E-state index contributed by atoms with van der Waals surface area (Å²) in [5.41, 5.74) is 1.85. The van der Waals surface area contributed by atoms with E-state index in [9.17, 15) is 10.1 Å². The van der Waals surface area contributed by atoms with Gasteiger partial charge in [0, 0.05) is 0 Å². The second-order valence-electron chi connectivity index (χ2n) is 5.89. The molecular formula is C23H19NO3S. The molecular weight excluding hydrogens is 370 g/mol. The van der Waals surface area contributed by atoms with Crippen LogP contribution in [0.5, 0.6) is 11.5 Å².